The lowest BCUT2D eigenvalue weighted by atomic mass is 10.2. The van der Waals surface area contributed by atoms with E-state index < -0.39 is 0 Å². The van der Waals surface area contributed by atoms with Crippen LogP contribution in [0.1, 0.15) is 38.5 Å². The van der Waals surface area contributed by atoms with Gasteiger partial charge < -0.3 is 11.1 Å². The number of hydrogen-bond donors (Lipinski definition) is 2. The van der Waals surface area contributed by atoms with E-state index in [4.69, 9.17) is 5.73 Å². The van der Waals surface area contributed by atoms with E-state index in [0.717, 1.165) is 13.0 Å². The minimum atomic E-state index is 0.615. The molecule has 0 heterocycles. The van der Waals surface area contributed by atoms with Crippen LogP contribution in [0.15, 0.2) is 16.6 Å². The van der Waals surface area contributed by atoms with E-state index in [1.165, 1.54) is 32.1 Å². The van der Waals surface area contributed by atoms with E-state index in [9.17, 15) is 0 Å². The van der Waals surface area contributed by atoms with Crippen LogP contribution in [0.5, 0.6) is 0 Å². The van der Waals surface area contributed by atoms with Crippen molar-refractivity contribution in [3.05, 3.63) is 11.6 Å². The molecule has 2 aliphatic carbocycles. The van der Waals surface area contributed by atoms with Crippen LogP contribution in [0.2, 0.25) is 0 Å². The summed E-state index contributed by atoms with van der Waals surface area (Å²) in [6.07, 6.45) is 9.80. The number of aliphatic imine (C=N–C) groups is 1. The van der Waals surface area contributed by atoms with Gasteiger partial charge >= 0.3 is 0 Å². The molecule has 0 atom stereocenters. The van der Waals surface area contributed by atoms with Crippen LogP contribution < -0.4 is 11.1 Å². The Balaban J connectivity index is 1.64. The Morgan fingerprint density at radius 1 is 1.57 bits per heavy atom. The molecule has 0 radical (unpaired) electrons. The normalized spacial score (nSPS) is 22.3. The zero-order valence-electron chi connectivity index (χ0n) is 8.63. The Morgan fingerprint density at radius 3 is 3.07 bits per heavy atom. The van der Waals surface area contributed by atoms with Crippen LogP contribution >= 0.6 is 0 Å². The van der Waals surface area contributed by atoms with Crippen molar-refractivity contribution in [1.82, 2.24) is 5.32 Å². The molecular formula is C11H19N3. The van der Waals surface area contributed by atoms with Crippen LogP contribution in [0.25, 0.3) is 0 Å². The van der Waals surface area contributed by atoms with Gasteiger partial charge in [0, 0.05) is 12.6 Å². The molecule has 3 heteroatoms. The monoisotopic (exact) mass is 193 g/mol. The number of rotatable bonds is 4. The Labute approximate surface area is 85.5 Å². The summed E-state index contributed by atoms with van der Waals surface area (Å²) in [7, 11) is 0. The largest absolute Gasteiger partial charge is 0.370 e. The third-order valence-corrected chi connectivity index (χ3v) is 2.78. The molecule has 1 fully saturated rings. The first-order valence-electron chi connectivity index (χ1n) is 5.59. The van der Waals surface area contributed by atoms with Crippen molar-refractivity contribution in [3.63, 3.8) is 0 Å². The van der Waals surface area contributed by atoms with Crippen LogP contribution in [0.4, 0.5) is 0 Å². The Morgan fingerprint density at radius 2 is 2.43 bits per heavy atom. The zero-order valence-corrected chi connectivity index (χ0v) is 8.63. The van der Waals surface area contributed by atoms with Crippen molar-refractivity contribution in [1.29, 1.82) is 0 Å². The maximum Gasteiger partial charge on any atom is 0.188 e. The lowest BCUT2D eigenvalue weighted by molar-refractivity contribution is 0.835. The van der Waals surface area contributed by atoms with E-state index in [1.807, 2.05) is 0 Å². The SMILES string of the molecule is NC(=NCCC1=CCCC1)NC1CC1. The number of nitrogens with one attached hydrogen (secondary N) is 1. The summed E-state index contributed by atoms with van der Waals surface area (Å²) in [6.45, 7) is 0.845. The van der Waals surface area contributed by atoms with Crippen LogP contribution in [0.3, 0.4) is 0 Å². The van der Waals surface area contributed by atoms with Gasteiger partial charge in [0.05, 0.1) is 0 Å². The van der Waals surface area contributed by atoms with Gasteiger partial charge in [-0.2, -0.15) is 0 Å². The number of nitrogens with two attached hydrogens (primary N) is 1. The molecule has 2 aliphatic rings. The smallest absolute Gasteiger partial charge is 0.188 e. The maximum atomic E-state index is 5.72. The van der Waals surface area contributed by atoms with E-state index in [-0.39, 0.29) is 0 Å². The summed E-state index contributed by atoms with van der Waals surface area (Å²) in [5.74, 6) is 0.631. The van der Waals surface area contributed by atoms with Gasteiger partial charge in [0.15, 0.2) is 5.96 Å². The fraction of sp³-hybridized carbons (Fsp3) is 0.727. The zero-order chi connectivity index (χ0) is 9.80. The molecule has 14 heavy (non-hydrogen) atoms. The van der Waals surface area contributed by atoms with E-state index in [1.54, 1.807) is 5.57 Å². The number of allylic oxidation sites excluding steroid dienone is 1. The predicted molar refractivity (Wildman–Crippen MR) is 59.2 cm³/mol. The average Bonchev–Trinajstić information content (AvgIpc) is 2.82. The number of nitrogens with zero attached hydrogens (tertiary/aromatic N) is 1. The Bertz CT molecular complexity index is 251. The molecule has 3 nitrogen and oxygen atoms in total. The molecule has 0 saturated heterocycles. The van der Waals surface area contributed by atoms with E-state index in [0.29, 0.717) is 12.0 Å². The highest BCUT2D eigenvalue weighted by Crippen LogP contribution is 2.20. The summed E-state index contributed by atoms with van der Waals surface area (Å²) in [4.78, 5) is 4.31. The Kier molecular flexibility index (Phi) is 3.07. The molecule has 0 aromatic carbocycles. The maximum absolute atomic E-state index is 5.72. The predicted octanol–water partition coefficient (Wildman–Crippen LogP) is 1.55. The van der Waals surface area contributed by atoms with Crippen molar-refractivity contribution in [2.24, 2.45) is 10.7 Å². The highest BCUT2D eigenvalue weighted by atomic mass is 15.1. The second-order valence-electron chi connectivity index (χ2n) is 4.19. The van der Waals surface area contributed by atoms with Gasteiger partial charge in [-0.3, -0.25) is 4.99 Å². The molecule has 0 aromatic heterocycles. The van der Waals surface area contributed by atoms with Crippen molar-refractivity contribution in [2.45, 2.75) is 44.6 Å². The van der Waals surface area contributed by atoms with Crippen molar-refractivity contribution >= 4 is 5.96 Å². The third-order valence-electron chi connectivity index (χ3n) is 2.78. The van der Waals surface area contributed by atoms with Gasteiger partial charge in [-0.05, 0) is 38.5 Å². The fourth-order valence-electron chi connectivity index (χ4n) is 1.77. The van der Waals surface area contributed by atoms with Crippen LogP contribution in [-0.4, -0.2) is 18.5 Å². The molecule has 1 saturated carbocycles. The van der Waals surface area contributed by atoms with Gasteiger partial charge in [0.1, 0.15) is 0 Å². The summed E-state index contributed by atoms with van der Waals surface area (Å²) in [5, 5.41) is 3.19. The first-order chi connectivity index (χ1) is 6.84. The minimum Gasteiger partial charge on any atom is -0.370 e. The second-order valence-corrected chi connectivity index (χ2v) is 4.19. The van der Waals surface area contributed by atoms with Gasteiger partial charge in [-0.15, -0.1) is 0 Å². The van der Waals surface area contributed by atoms with Gasteiger partial charge in [0.2, 0.25) is 0 Å². The highest BCUT2D eigenvalue weighted by Gasteiger charge is 2.21. The summed E-state index contributed by atoms with van der Waals surface area (Å²) in [6, 6.07) is 0.615. The van der Waals surface area contributed by atoms with Crippen molar-refractivity contribution in [3.8, 4) is 0 Å². The number of guanidine groups is 1. The lowest BCUT2D eigenvalue weighted by Gasteiger charge is -2.03. The minimum absolute atomic E-state index is 0.615. The van der Waals surface area contributed by atoms with E-state index >= 15 is 0 Å². The molecule has 0 bridgehead atoms. The molecule has 0 aliphatic heterocycles. The van der Waals surface area contributed by atoms with Crippen LogP contribution in [-0.2, 0) is 0 Å². The number of hydrogen-bond acceptors (Lipinski definition) is 1. The van der Waals surface area contributed by atoms with Gasteiger partial charge in [0.25, 0.3) is 0 Å². The molecule has 78 valence electrons. The lowest BCUT2D eigenvalue weighted by Crippen LogP contribution is -2.33. The summed E-state index contributed by atoms with van der Waals surface area (Å²) >= 11 is 0. The first kappa shape index (κ1) is 9.56. The van der Waals surface area contributed by atoms with Gasteiger partial charge in [-0.25, -0.2) is 0 Å². The summed E-state index contributed by atoms with van der Waals surface area (Å²) in [5.41, 5.74) is 7.28. The van der Waals surface area contributed by atoms with Crippen molar-refractivity contribution < 1.29 is 0 Å². The first-order valence-corrected chi connectivity index (χ1v) is 5.59. The van der Waals surface area contributed by atoms with Crippen LogP contribution in [0, 0.1) is 0 Å². The fourth-order valence-corrected chi connectivity index (χ4v) is 1.77. The summed E-state index contributed by atoms with van der Waals surface area (Å²) < 4.78 is 0. The quantitative estimate of drug-likeness (QED) is 0.404. The highest BCUT2D eigenvalue weighted by molar-refractivity contribution is 5.78. The molecule has 0 spiro atoms. The molecule has 2 rings (SSSR count). The second kappa shape index (κ2) is 4.49. The van der Waals surface area contributed by atoms with Crippen molar-refractivity contribution in [2.75, 3.05) is 6.54 Å². The molecule has 3 N–H and O–H groups in total. The third kappa shape index (κ3) is 3.05. The van der Waals surface area contributed by atoms with Gasteiger partial charge in [-0.1, -0.05) is 11.6 Å². The molecule has 0 amide bonds. The molecule has 0 aromatic rings. The average molecular weight is 193 g/mol. The Hall–Kier alpha value is -0.990. The molecular weight excluding hydrogens is 174 g/mol. The topological polar surface area (TPSA) is 50.4 Å². The molecule has 0 unspecified atom stereocenters. The standard InChI is InChI=1S/C11H19N3/c12-11(14-10-5-6-10)13-8-7-9-3-1-2-4-9/h3,10H,1-2,4-8H2,(H3,12,13,14). The van der Waals surface area contributed by atoms with E-state index in [2.05, 4.69) is 16.4 Å².